The van der Waals surface area contributed by atoms with Crippen LogP contribution in [0.15, 0.2) is 36.5 Å². The second-order valence-electron chi connectivity index (χ2n) is 17.8. The van der Waals surface area contributed by atoms with E-state index in [9.17, 15) is 14.4 Å². The average molecular weight is 871 g/mol. The molecule has 0 heterocycles. The molecule has 0 unspecified atom stereocenters. The topological polar surface area (TPSA) is 78.9 Å². The van der Waals surface area contributed by atoms with Gasteiger partial charge in [-0.3, -0.25) is 14.4 Å². The highest BCUT2D eigenvalue weighted by Gasteiger charge is 2.48. The number of carbonyl (C=O) groups is 3. The highest BCUT2D eigenvalue weighted by Crippen LogP contribution is 2.15. The van der Waals surface area contributed by atoms with Gasteiger partial charge in [0.1, 0.15) is 0 Å². The molecular formula is C54H99AlO6. The van der Waals surface area contributed by atoms with Gasteiger partial charge in [0, 0.05) is 19.3 Å². The number of unbranched alkanes of at least 4 members (excludes halogenated alkanes) is 33. The van der Waals surface area contributed by atoms with E-state index in [4.69, 9.17) is 11.4 Å². The SMILES string of the molecule is CCCCCC/C=C/CCCCCCCCCC(=O)[O][Al]([O]C(=O)CCCCCCCCC/C=C/CCCCCC)[O]C(=O)CCCCCCCCC/C=C/CCCCCC. The molecule has 0 aliphatic rings. The molecule has 0 N–H and O–H groups in total. The maximum atomic E-state index is 12.8. The van der Waals surface area contributed by atoms with Crippen molar-refractivity contribution in [3.05, 3.63) is 36.5 Å². The molecule has 0 amide bonds. The van der Waals surface area contributed by atoms with E-state index < -0.39 is 33.1 Å². The standard InChI is InChI=1S/3C18H34O2.Al/c3*1-2-3-4-5-6-7-8-9-10-11-12-13-14-15-16-17-18(19)20;/h3*7-8H,2-6,9-17H2,1H3,(H,19,20);/q;;;+3/p-3/b3*8-7+;. The normalized spacial score (nSPS) is 11.7. The Hall–Kier alpha value is -1.84. The molecule has 0 aromatic carbocycles. The van der Waals surface area contributed by atoms with Crippen LogP contribution in [0, 0.1) is 0 Å². The summed E-state index contributed by atoms with van der Waals surface area (Å²) in [5, 5.41) is 0. The predicted octanol–water partition coefficient (Wildman–Crippen LogP) is 17.7. The quantitative estimate of drug-likeness (QED) is 0.0344. The fourth-order valence-electron chi connectivity index (χ4n) is 7.59. The van der Waals surface area contributed by atoms with Crippen molar-refractivity contribution in [2.45, 2.75) is 290 Å². The van der Waals surface area contributed by atoms with Crippen LogP contribution in [-0.2, 0) is 25.7 Å². The van der Waals surface area contributed by atoms with Gasteiger partial charge in [-0.1, -0.05) is 211 Å². The molecule has 0 saturated carbocycles. The Morgan fingerprint density at radius 1 is 0.279 bits per heavy atom. The number of rotatable bonds is 48. The molecule has 0 aromatic rings. The third kappa shape index (κ3) is 49.0. The maximum Gasteiger partial charge on any atom is 1.20 e. The highest BCUT2D eigenvalue weighted by molar-refractivity contribution is 6.44. The van der Waals surface area contributed by atoms with Crippen LogP contribution >= 0.6 is 0 Å². The zero-order chi connectivity index (χ0) is 44.4. The van der Waals surface area contributed by atoms with Crippen LogP contribution in [0.25, 0.3) is 0 Å². The summed E-state index contributed by atoms with van der Waals surface area (Å²) in [4.78, 5) is 38.3. The number of hydrogen-bond acceptors (Lipinski definition) is 6. The Balaban J connectivity index is 4.39. The van der Waals surface area contributed by atoms with Crippen molar-refractivity contribution < 1.29 is 25.7 Å². The van der Waals surface area contributed by atoms with Gasteiger partial charge < -0.3 is 11.4 Å². The summed E-state index contributed by atoms with van der Waals surface area (Å²) in [6, 6.07) is 0. The molecule has 0 saturated heterocycles. The minimum absolute atomic E-state index is 0.256. The Kier molecular flexibility index (Phi) is 49.3. The largest absolute Gasteiger partial charge is 1.20 e. The van der Waals surface area contributed by atoms with Crippen molar-refractivity contribution in [2.75, 3.05) is 0 Å². The van der Waals surface area contributed by atoms with Crippen molar-refractivity contribution in [2.24, 2.45) is 0 Å². The van der Waals surface area contributed by atoms with Crippen LogP contribution in [0.1, 0.15) is 290 Å². The van der Waals surface area contributed by atoms with Crippen molar-refractivity contribution in [1.29, 1.82) is 0 Å². The zero-order valence-corrected chi connectivity index (χ0v) is 41.8. The summed E-state index contributed by atoms with van der Waals surface area (Å²) in [5.41, 5.74) is 0. The van der Waals surface area contributed by atoms with Crippen molar-refractivity contribution in [1.82, 2.24) is 0 Å². The van der Waals surface area contributed by atoms with E-state index in [0.29, 0.717) is 0 Å². The van der Waals surface area contributed by atoms with E-state index in [1.807, 2.05) is 0 Å². The third-order valence-electron chi connectivity index (χ3n) is 11.6. The fraction of sp³-hybridized carbons (Fsp3) is 0.833. The van der Waals surface area contributed by atoms with Gasteiger partial charge in [-0.15, -0.1) is 0 Å². The van der Waals surface area contributed by atoms with Gasteiger partial charge in [0.2, 0.25) is 0 Å². The van der Waals surface area contributed by atoms with E-state index in [0.717, 1.165) is 57.8 Å². The molecule has 0 radical (unpaired) electrons. The van der Waals surface area contributed by atoms with Crippen LogP contribution in [0.2, 0.25) is 0 Å². The van der Waals surface area contributed by atoms with E-state index in [1.165, 1.54) is 193 Å². The van der Waals surface area contributed by atoms with Crippen LogP contribution in [0.3, 0.4) is 0 Å². The monoisotopic (exact) mass is 871 g/mol. The van der Waals surface area contributed by atoms with Crippen molar-refractivity contribution in [3.8, 4) is 0 Å². The summed E-state index contributed by atoms with van der Waals surface area (Å²) in [7, 11) is 0. The molecular weight excluding hydrogens is 772 g/mol. The van der Waals surface area contributed by atoms with Gasteiger partial charge in [-0.25, -0.2) is 0 Å². The Morgan fingerprint density at radius 2 is 0.459 bits per heavy atom. The highest BCUT2D eigenvalue weighted by atomic mass is 27.3. The van der Waals surface area contributed by atoms with E-state index in [1.54, 1.807) is 0 Å². The first-order valence-electron chi connectivity index (χ1n) is 26.6. The summed E-state index contributed by atoms with van der Waals surface area (Å²) in [5.74, 6) is -1.28. The summed E-state index contributed by atoms with van der Waals surface area (Å²) in [6.07, 6.45) is 61.0. The van der Waals surface area contributed by atoms with E-state index >= 15 is 0 Å². The lowest BCUT2D eigenvalue weighted by Crippen LogP contribution is -2.34. The molecule has 0 fully saturated rings. The van der Waals surface area contributed by atoms with Gasteiger partial charge in [-0.2, -0.15) is 0 Å². The summed E-state index contributed by atoms with van der Waals surface area (Å²) in [6.45, 7) is 6.76. The molecule has 61 heavy (non-hydrogen) atoms. The minimum Gasteiger partial charge on any atom is -0.551 e. The van der Waals surface area contributed by atoms with Crippen LogP contribution in [0.5, 0.6) is 0 Å². The Bertz CT molecular complexity index is 910. The zero-order valence-electron chi connectivity index (χ0n) is 40.7. The molecule has 0 aliphatic carbocycles. The van der Waals surface area contributed by atoms with Gasteiger partial charge in [-0.05, 0) is 96.3 Å². The summed E-state index contributed by atoms with van der Waals surface area (Å²) < 4.78 is 16.7. The van der Waals surface area contributed by atoms with Crippen LogP contribution in [0.4, 0.5) is 0 Å². The Labute approximate surface area is 384 Å². The van der Waals surface area contributed by atoms with Gasteiger partial charge in [0.25, 0.3) is 17.9 Å². The molecule has 0 bridgehead atoms. The van der Waals surface area contributed by atoms with E-state index in [-0.39, 0.29) is 19.3 Å². The molecule has 6 nitrogen and oxygen atoms in total. The lowest BCUT2D eigenvalue weighted by atomic mass is 10.1. The summed E-state index contributed by atoms with van der Waals surface area (Å²) >= 11 is -3.26. The molecule has 0 spiro atoms. The minimum atomic E-state index is -3.26. The lowest BCUT2D eigenvalue weighted by Gasteiger charge is -2.14. The van der Waals surface area contributed by atoms with Crippen molar-refractivity contribution in [3.63, 3.8) is 0 Å². The Morgan fingerprint density at radius 3 is 0.672 bits per heavy atom. The number of allylic oxidation sites excluding steroid dienone is 6. The second-order valence-corrected chi connectivity index (χ2v) is 19.0. The molecule has 0 aromatic heterocycles. The van der Waals surface area contributed by atoms with E-state index in [2.05, 4.69) is 57.2 Å². The molecule has 0 aliphatic heterocycles. The third-order valence-corrected chi connectivity index (χ3v) is 13.0. The average Bonchev–Trinajstić information content (AvgIpc) is 3.25. The first kappa shape index (κ1) is 59.2. The molecule has 354 valence electrons. The molecule has 0 rings (SSSR count). The predicted molar refractivity (Wildman–Crippen MR) is 262 cm³/mol. The van der Waals surface area contributed by atoms with Crippen molar-refractivity contribution >= 4 is 33.1 Å². The number of carbonyl (C=O) groups excluding carboxylic acids is 3. The second kappa shape index (κ2) is 50.8. The smallest absolute Gasteiger partial charge is 0.551 e. The lowest BCUT2D eigenvalue weighted by molar-refractivity contribution is -0.148. The van der Waals surface area contributed by atoms with Gasteiger partial charge >= 0.3 is 15.1 Å². The van der Waals surface area contributed by atoms with Crippen LogP contribution < -0.4 is 0 Å². The fourth-order valence-corrected chi connectivity index (χ4v) is 8.73. The maximum absolute atomic E-state index is 12.8. The molecule has 0 atom stereocenters. The van der Waals surface area contributed by atoms with Crippen LogP contribution in [-0.4, -0.2) is 33.1 Å². The molecule has 7 heteroatoms. The first-order chi connectivity index (χ1) is 30.0. The first-order valence-corrected chi connectivity index (χ1v) is 28.0. The number of hydrogen-bond donors (Lipinski definition) is 0. The van der Waals surface area contributed by atoms with Gasteiger partial charge in [0.15, 0.2) is 0 Å². The van der Waals surface area contributed by atoms with Gasteiger partial charge in [0.05, 0.1) is 0 Å².